The topological polar surface area (TPSA) is 80.5 Å². The predicted molar refractivity (Wildman–Crippen MR) is 98.2 cm³/mol. The van der Waals surface area contributed by atoms with E-state index in [4.69, 9.17) is 9.15 Å². The second-order valence-electron chi connectivity index (χ2n) is 5.86. The van der Waals surface area contributed by atoms with Crippen molar-refractivity contribution < 1.29 is 13.9 Å². The second kappa shape index (κ2) is 7.69. The monoisotopic (exact) mass is 352 g/mol. The van der Waals surface area contributed by atoms with E-state index in [0.717, 1.165) is 11.3 Å². The first-order chi connectivity index (χ1) is 12.6. The van der Waals surface area contributed by atoms with E-state index in [1.165, 1.54) is 0 Å². The van der Waals surface area contributed by atoms with E-state index in [9.17, 15) is 4.79 Å². The summed E-state index contributed by atoms with van der Waals surface area (Å²) in [4.78, 5) is 14.3. The van der Waals surface area contributed by atoms with E-state index in [-0.39, 0.29) is 12.5 Å². The van der Waals surface area contributed by atoms with Crippen molar-refractivity contribution in [1.29, 1.82) is 0 Å². The Kier molecular flexibility index (Phi) is 5.17. The Balaban J connectivity index is 1.66. The zero-order valence-electron chi connectivity index (χ0n) is 14.9. The van der Waals surface area contributed by atoms with Crippen LogP contribution in [0.3, 0.4) is 0 Å². The van der Waals surface area contributed by atoms with Crippen LogP contribution < -0.4 is 15.0 Å². The Labute approximate surface area is 151 Å². The fourth-order valence-corrected chi connectivity index (χ4v) is 2.38. The molecule has 0 saturated carbocycles. The maximum atomic E-state index is 12.3. The molecule has 0 spiro atoms. The van der Waals surface area contributed by atoms with Crippen molar-refractivity contribution >= 4 is 11.6 Å². The van der Waals surface area contributed by atoms with Crippen LogP contribution in [0.2, 0.25) is 0 Å². The molecule has 0 aliphatic heterocycles. The van der Waals surface area contributed by atoms with Crippen LogP contribution in [0.15, 0.2) is 52.9 Å². The first-order valence-electron chi connectivity index (χ1n) is 8.09. The molecule has 1 N–H and O–H groups in total. The van der Waals surface area contributed by atoms with Crippen molar-refractivity contribution in [2.45, 2.75) is 6.54 Å². The lowest BCUT2D eigenvalue weighted by molar-refractivity contribution is 0.0947. The molecular formula is C19H20N4O3. The number of ether oxygens (including phenoxy) is 1. The Bertz CT molecular complexity index is 905. The van der Waals surface area contributed by atoms with Crippen LogP contribution in [0.5, 0.6) is 5.75 Å². The molecule has 7 heteroatoms. The van der Waals surface area contributed by atoms with Crippen molar-refractivity contribution in [3.63, 3.8) is 0 Å². The van der Waals surface area contributed by atoms with Crippen LogP contribution in [0, 0.1) is 0 Å². The van der Waals surface area contributed by atoms with Crippen LogP contribution >= 0.6 is 0 Å². The van der Waals surface area contributed by atoms with Crippen LogP contribution in [0.4, 0.5) is 5.69 Å². The first-order valence-corrected chi connectivity index (χ1v) is 8.09. The molecule has 0 atom stereocenters. The molecule has 0 aliphatic carbocycles. The number of nitrogens with one attached hydrogen (secondary N) is 1. The summed E-state index contributed by atoms with van der Waals surface area (Å²) in [5, 5.41) is 10.8. The van der Waals surface area contributed by atoms with Gasteiger partial charge in [0.05, 0.1) is 13.7 Å². The van der Waals surface area contributed by atoms with E-state index in [1.807, 2.05) is 61.5 Å². The fourth-order valence-electron chi connectivity index (χ4n) is 2.38. The number of amides is 1. The molecule has 7 nitrogen and oxygen atoms in total. The van der Waals surface area contributed by atoms with Gasteiger partial charge < -0.3 is 19.4 Å². The van der Waals surface area contributed by atoms with Gasteiger partial charge in [-0.3, -0.25) is 4.79 Å². The number of nitrogens with zero attached hydrogens (tertiary/aromatic N) is 3. The third-order valence-corrected chi connectivity index (χ3v) is 3.81. The summed E-state index contributed by atoms with van der Waals surface area (Å²) in [6, 6.07) is 14.7. The molecule has 3 aromatic rings. The van der Waals surface area contributed by atoms with Gasteiger partial charge in [-0.2, -0.15) is 0 Å². The van der Waals surface area contributed by atoms with E-state index in [2.05, 4.69) is 15.5 Å². The van der Waals surface area contributed by atoms with Crippen LogP contribution in [-0.2, 0) is 6.54 Å². The standard InChI is InChI=1S/C19H20N4O3/c1-23(2)15-8-4-6-13(10-15)18(24)20-12-17-21-22-19(26-17)14-7-5-9-16(11-14)25-3/h4-11H,12H2,1-3H3,(H,20,24). The molecule has 0 radical (unpaired) electrons. The Morgan fingerprint density at radius 3 is 2.73 bits per heavy atom. The molecule has 0 unspecified atom stereocenters. The number of hydrogen-bond acceptors (Lipinski definition) is 6. The van der Waals surface area contributed by atoms with E-state index < -0.39 is 0 Å². The summed E-state index contributed by atoms with van der Waals surface area (Å²) in [5.74, 6) is 1.22. The summed E-state index contributed by atoms with van der Waals surface area (Å²) in [7, 11) is 5.45. The van der Waals surface area contributed by atoms with Crippen LogP contribution in [0.25, 0.3) is 11.5 Å². The van der Waals surface area contributed by atoms with Crippen molar-refractivity contribution in [1.82, 2.24) is 15.5 Å². The lowest BCUT2D eigenvalue weighted by Crippen LogP contribution is -2.23. The molecule has 3 rings (SSSR count). The normalized spacial score (nSPS) is 10.4. The second-order valence-corrected chi connectivity index (χ2v) is 5.86. The van der Waals surface area contributed by atoms with Crippen molar-refractivity contribution in [2.75, 3.05) is 26.1 Å². The maximum Gasteiger partial charge on any atom is 0.251 e. The first kappa shape index (κ1) is 17.5. The molecule has 1 amide bonds. The number of anilines is 1. The molecule has 0 bridgehead atoms. The van der Waals surface area contributed by atoms with Gasteiger partial charge in [0.1, 0.15) is 5.75 Å². The number of carbonyl (C=O) groups is 1. The minimum atomic E-state index is -0.199. The minimum Gasteiger partial charge on any atom is -0.497 e. The molecule has 0 saturated heterocycles. The van der Waals surface area contributed by atoms with E-state index >= 15 is 0 Å². The fraction of sp³-hybridized carbons (Fsp3) is 0.211. The summed E-state index contributed by atoms with van der Waals surface area (Å²) in [6.45, 7) is 0.155. The molecular weight excluding hydrogens is 332 g/mol. The van der Waals surface area contributed by atoms with Gasteiger partial charge in [-0.1, -0.05) is 12.1 Å². The van der Waals surface area contributed by atoms with Gasteiger partial charge in [-0.25, -0.2) is 0 Å². The smallest absolute Gasteiger partial charge is 0.251 e. The van der Waals surface area contributed by atoms with Gasteiger partial charge in [0, 0.05) is 30.9 Å². The zero-order chi connectivity index (χ0) is 18.5. The third-order valence-electron chi connectivity index (χ3n) is 3.81. The average molecular weight is 352 g/mol. The highest BCUT2D eigenvalue weighted by molar-refractivity contribution is 5.95. The zero-order valence-corrected chi connectivity index (χ0v) is 14.9. The van der Waals surface area contributed by atoms with E-state index in [0.29, 0.717) is 23.1 Å². The molecule has 0 fully saturated rings. The minimum absolute atomic E-state index is 0.155. The lowest BCUT2D eigenvalue weighted by atomic mass is 10.2. The van der Waals surface area contributed by atoms with Gasteiger partial charge in [-0.15, -0.1) is 10.2 Å². The number of methoxy groups -OCH3 is 1. The Hall–Kier alpha value is -3.35. The molecule has 1 heterocycles. The third kappa shape index (κ3) is 4.00. The number of aromatic nitrogens is 2. The average Bonchev–Trinajstić information content (AvgIpc) is 3.15. The van der Waals surface area contributed by atoms with Crippen molar-refractivity contribution in [2.24, 2.45) is 0 Å². The highest BCUT2D eigenvalue weighted by Gasteiger charge is 2.12. The Morgan fingerprint density at radius 1 is 1.15 bits per heavy atom. The maximum absolute atomic E-state index is 12.3. The summed E-state index contributed by atoms with van der Waals surface area (Å²) in [6.07, 6.45) is 0. The number of benzene rings is 2. The van der Waals surface area contributed by atoms with Crippen LogP contribution in [0.1, 0.15) is 16.2 Å². The molecule has 26 heavy (non-hydrogen) atoms. The van der Waals surface area contributed by atoms with Gasteiger partial charge in [-0.05, 0) is 36.4 Å². The molecule has 2 aromatic carbocycles. The molecule has 1 aromatic heterocycles. The van der Waals surface area contributed by atoms with Gasteiger partial charge in [0.15, 0.2) is 0 Å². The van der Waals surface area contributed by atoms with Crippen molar-refractivity contribution in [3.05, 3.63) is 60.0 Å². The van der Waals surface area contributed by atoms with Gasteiger partial charge >= 0.3 is 0 Å². The summed E-state index contributed by atoms with van der Waals surface area (Å²) >= 11 is 0. The Morgan fingerprint density at radius 2 is 1.96 bits per heavy atom. The summed E-state index contributed by atoms with van der Waals surface area (Å²) in [5.41, 5.74) is 2.28. The highest BCUT2D eigenvalue weighted by atomic mass is 16.5. The van der Waals surface area contributed by atoms with Gasteiger partial charge in [0.2, 0.25) is 11.8 Å². The number of carbonyl (C=O) groups excluding carboxylic acids is 1. The molecule has 0 aliphatic rings. The van der Waals surface area contributed by atoms with Gasteiger partial charge in [0.25, 0.3) is 5.91 Å². The lowest BCUT2D eigenvalue weighted by Gasteiger charge is -2.13. The molecule has 134 valence electrons. The predicted octanol–water partition coefficient (Wildman–Crippen LogP) is 2.74. The number of rotatable bonds is 6. The SMILES string of the molecule is COc1cccc(-c2nnc(CNC(=O)c3cccc(N(C)C)c3)o2)c1. The number of hydrogen-bond donors (Lipinski definition) is 1. The largest absolute Gasteiger partial charge is 0.497 e. The summed E-state index contributed by atoms with van der Waals surface area (Å²) < 4.78 is 10.8. The van der Waals surface area contributed by atoms with Crippen molar-refractivity contribution in [3.8, 4) is 17.2 Å². The highest BCUT2D eigenvalue weighted by Crippen LogP contribution is 2.22. The van der Waals surface area contributed by atoms with E-state index in [1.54, 1.807) is 13.2 Å². The van der Waals surface area contributed by atoms with Crippen LogP contribution in [-0.4, -0.2) is 37.3 Å². The quantitative estimate of drug-likeness (QED) is 0.735.